The van der Waals surface area contributed by atoms with Gasteiger partial charge in [-0.3, -0.25) is 4.79 Å². The maximum Gasteiger partial charge on any atom is 0.257 e. The third-order valence-electron chi connectivity index (χ3n) is 3.92. The van der Waals surface area contributed by atoms with Gasteiger partial charge in [-0.2, -0.15) is 0 Å². The van der Waals surface area contributed by atoms with Crippen molar-refractivity contribution in [1.82, 2.24) is 10.5 Å². The summed E-state index contributed by atoms with van der Waals surface area (Å²) in [6, 6.07) is 7.85. The molecule has 22 heavy (non-hydrogen) atoms. The molecule has 0 radical (unpaired) electrons. The predicted octanol–water partition coefficient (Wildman–Crippen LogP) is 2.87. The van der Waals surface area contributed by atoms with E-state index < -0.39 is 0 Å². The zero-order valence-electron chi connectivity index (χ0n) is 12.9. The van der Waals surface area contributed by atoms with Gasteiger partial charge >= 0.3 is 0 Å². The SMILES string of the molecule is Cc1ccc(-c2onc(C)c2C(=O)NC[C@H]2CCCO2)cc1. The van der Waals surface area contributed by atoms with Crippen molar-refractivity contribution in [2.45, 2.75) is 32.8 Å². The minimum atomic E-state index is -0.162. The van der Waals surface area contributed by atoms with Crippen LogP contribution in [0.15, 0.2) is 28.8 Å². The Morgan fingerprint density at radius 3 is 2.77 bits per heavy atom. The van der Waals surface area contributed by atoms with Crippen LogP contribution in [0.25, 0.3) is 11.3 Å². The highest BCUT2D eigenvalue weighted by atomic mass is 16.5. The molecule has 0 saturated carbocycles. The van der Waals surface area contributed by atoms with E-state index in [1.165, 1.54) is 0 Å². The molecule has 1 saturated heterocycles. The molecule has 3 rings (SSSR count). The molecule has 1 amide bonds. The van der Waals surface area contributed by atoms with E-state index in [9.17, 15) is 4.79 Å². The van der Waals surface area contributed by atoms with Gasteiger partial charge in [-0.05, 0) is 26.7 Å². The van der Waals surface area contributed by atoms with E-state index in [1.807, 2.05) is 31.2 Å². The first kappa shape index (κ1) is 14.8. The number of hydrogen-bond donors (Lipinski definition) is 1. The average molecular weight is 300 g/mol. The standard InChI is InChI=1S/C17H20N2O3/c1-11-5-7-13(8-6-11)16-15(12(2)19-22-16)17(20)18-10-14-4-3-9-21-14/h5-8,14H,3-4,9-10H2,1-2H3,(H,18,20)/t14-/m1/s1. The first-order valence-corrected chi connectivity index (χ1v) is 7.58. The normalized spacial score (nSPS) is 17.6. The molecular weight excluding hydrogens is 280 g/mol. The fourth-order valence-corrected chi connectivity index (χ4v) is 2.64. The van der Waals surface area contributed by atoms with Gasteiger partial charge in [0, 0.05) is 18.7 Å². The Balaban J connectivity index is 1.79. The summed E-state index contributed by atoms with van der Waals surface area (Å²) in [7, 11) is 0. The quantitative estimate of drug-likeness (QED) is 0.943. The van der Waals surface area contributed by atoms with Crippen LogP contribution in [-0.2, 0) is 4.74 Å². The fourth-order valence-electron chi connectivity index (χ4n) is 2.64. The van der Waals surface area contributed by atoms with Crippen molar-refractivity contribution < 1.29 is 14.1 Å². The summed E-state index contributed by atoms with van der Waals surface area (Å²) in [6.07, 6.45) is 2.17. The third-order valence-corrected chi connectivity index (χ3v) is 3.92. The Hall–Kier alpha value is -2.14. The number of rotatable bonds is 4. The number of carbonyl (C=O) groups excluding carboxylic acids is 1. The van der Waals surface area contributed by atoms with Gasteiger partial charge in [-0.25, -0.2) is 0 Å². The van der Waals surface area contributed by atoms with Crippen LogP contribution >= 0.6 is 0 Å². The van der Waals surface area contributed by atoms with Crippen molar-refractivity contribution in [2.24, 2.45) is 0 Å². The molecule has 1 aliphatic rings. The highest BCUT2D eigenvalue weighted by molar-refractivity contribution is 6.00. The van der Waals surface area contributed by atoms with Crippen LogP contribution in [-0.4, -0.2) is 30.3 Å². The smallest absolute Gasteiger partial charge is 0.257 e. The Morgan fingerprint density at radius 1 is 1.32 bits per heavy atom. The zero-order chi connectivity index (χ0) is 15.5. The second-order valence-electron chi connectivity index (χ2n) is 5.68. The van der Waals surface area contributed by atoms with Crippen LogP contribution in [0.5, 0.6) is 0 Å². The number of amides is 1. The van der Waals surface area contributed by atoms with Crippen molar-refractivity contribution in [1.29, 1.82) is 0 Å². The zero-order valence-corrected chi connectivity index (χ0v) is 12.9. The Labute approximate surface area is 129 Å². The maximum atomic E-state index is 12.5. The average Bonchev–Trinajstić information content (AvgIpc) is 3.15. The lowest BCUT2D eigenvalue weighted by molar-refractivity contribution is 0.0857. The molecule has 2 aromatic rings. The van der Waals surface area contributed by atoms with Gasteiger partial charge in [0.2, 0.25) is 0 Å². The van der Waals surface area contributed by atoms with Crippen molar-refractivity contribution in [3.8, 4) is 11.3 Å². The summed E-state index contributed by atoms with van der Waals surface area (Å²) in [5.41, 5.74) is 3.11. The summed E-state index contributed by atoms with van der Waals surface area (Å²) in [6.45, 7) is 5.10. The maximum absolute atomic E-state index is 12.5. The molecule has 1 fully saturated rings. The van der Waals surface area contributed by atoms with Crippen molar-refractivity contribution in [3.05, 3.63) is 41.1 Å². The second kappa shape index (κ2) is 6.32. The minimum Gasteiger partial charge on any atom is -0.376 e. The Kier molecular flexibility index (Phi) is 4.24. The number of aryl methyl sites for hydroxylation is 2. The van der Waals surface area contributed by atoms with Crippen molar-refractivity contribution in [3.63, 3.8) is 0 Å². The van der Waals surface area contributed by atoms with Crippen molar-refractivity contribution in [2.75, 3.05) is 13.2 Å². The summed E-state index contributed by atoms with van der Waals surface area (Å²) in [5.74, 6) is 0.354. The molecule has 5 nitrogen and oxygen atoms in total. The summed E-state index contributed by atoms with van der Waals surface area (Å²) in [5, 5.41) is 6.87. The van der Waals surface area contributed by atoms with Crippen LogP contribution in [0, 0.1) is 13.8 Å². The van der Waals surface area contributed by atoms with E-state index in [1.54, 1.807) is 6.92 Å². The fraction of sp³-hybridized carbons (Fsp3) is 0.412. The molecule has 1 atom stereocenters. The molecule has 0 spiro atoms. The Bertz CT molecular complexity index is 655. The van der Waals surface area contributed by atoms with Gasteiger partial charge in [-0.15, -0.1) is 0 Å². The van der Waals surface area contributed by atoms with Crippen LogP contribution in [0.2, 0.25) is 0 Å². The first-order chi connectivity index (χ1) is 10.6. The lowest BCUT2D eigenvalue weighted by Crippen LogP contribution is -2.32. The summed E-state index contributed by atoms with van der Waals surface area (Å²) < 4.78 is 10.9. The first-order valence-electron chi connectivity index (χ1n) is 7.58. The van der Waals surface area contributed by atoms with Gasteiger partial charge in [0.15, 0.2) is 5.76 Å². The topological polar surface area (TPSA) is 64.4 Å². The molecule has 0 unspecified atom stereocenters. The lowest BCUT2D eigenvalue weighted by Gasteiger charge is -2.10. The summed E-state index contributed by atoms with van der Waals surface area (Å²) >= 11 is 0. The molecule has 0 bridgehead atoms. The molecule has 0 aliphatic carbocycles. The monoisotopic (exact) mass is 300 g/mol. The molecule has 1 aliphatic heterocycles. The Morgan fingerprint density at radius 2 is 2.09 bits per heavy atom. The largest absolute Gasteiger partial charge is 0.376 e. The van der Waals surface area contributed by atoms with E-state index in [4.69, 9.17) is 9.26 Å². The third kappa shape index (κ3) is 3.04. The van der Waals surface area contributed by atoms with Crippen LogP contribution < -0.4 is 5.32 Å². The van der Waals surface area contributed by atoms with Crippen LogP contribution in [0.4, 0.5) is 0 Å². The van der Waals surface area contributed by atoms with Gasteiger partial charge < -0.3 is 14.6 Å². The van der Waals surface area contributed by atoms with E-state index in [2.05, 4.69) is 10.5 Å². The van der Waals surface area contributed by atoms with Crippen LogP contribution in [0.1, 0.15) is 34.5 Å². The second-order valence-corrected chi connectivity index (χ2v) is 5.68. The number of nitrogens with zero attached hydrogens (tertiary/aromatic N) is 1. The van der Waals surface area contributed by atoms with Gasteiger partial charge in [0.1, 0.15) is 5.56 Å². The summed E-state index contributed by atoms with van der Waals surface area (Å²) in [4.78, 5) is 12.5. The molecule has 116 valence electrons. The molecule has 1 aromatic heterocycles. The molecular formula is C17H20N2O3. The van der Waals surface area contributed by atoms with E-state index in [-0.39, 0.29) is 12.0 Å². The van der Waals surface area contributed by atoms with E-state index in [0.717, 1.165) is 30.6 Å². The highest BCUT2D eigenvalue weighted by Crippen LogP contribution is 2.26. The highest BCUT2D eigenvalue weighted by Gasteiger charge is 2.23. The number of ether oxygens (including phenoxy) is 1. The number of hydrogen-bond acceptors (Lipinski definition) is 4. The van der Waals surface area contributed by atoms with Crippen LogP contribution in [0.3, 0.4) is 0 Å². The molecule has 5 heteroatoms. The van der Waals surface area contributed by atoms with Gasteiger partial charge in [-0.1, -0.05) is 35.0 Å². The predicted molar refractivity (Wildman–Crippen MR) is 82.7 cm³/mol. The molecule has 1 N–H and O–H groups in total. The van der Waals surface area contributed by atoms with Crippen molar-refractivity contribution >= 4 is 5.91 Å². The lowest BCUT2D eigenvalue weighted by atomic mass is 10.0. The number of aromatic nitrogens is 1. The number of carbonyl (C=O) groups is 1. The number of benzene rings is 1. The van der Waals surface area contributed by atoms with E-state index in [0.29, 0.717) is 23.6 Å². The molecule has 2 heterocycles. The number of nitrogens with one attached hydrogen (secondary N) is 1. The minimum absolute atomic E-state index is 0.118. The van der Waals surface area contributed by atoms with Gasteiger partial charge in [0.05, 0.1) is 11.8 Å². The van der Waals surface area contributed by atoms with E-state index >= 15 is 0 Å². The molecule has 1 aromatic carbocycles. The van der Waals surface area contributed by atoms with Gasteiger partial charge in [0.25, 0.3) is 5.91 Å².